The zero-order valence-electron chi connectivity index (χ0n) is 15.4. The summed E-state index contributed by atoms with van der Waals surface area (Å²) in [5.74, 6) is -1.82. The number of nitrogens with one attached hydrogen (secondary N) is 1. The normalized spacial score (nSPS) is 20.8. The molecule has 0 saturated heterocycles. The fourth-order valence-electron chi connectivity index (χ4n) is 3.48. The van der Waals surface area contributed by atoms with Gasteiger partial charge in [-0.25, -0.2) is 0 Å². The minimum atomic E-state index is -4.44. The molecular weight excluding hydrogens is 361 g/mol. The van der Waals surface area contributed by atoms with E-state index in [1.165, 1.54) is 12.1 Å². The number of carboxylic acids is 1. The van der Waals surface area contributed by atoms with E-state index in [1.54, 1.807) is 6.92 Å². The summed E-state index contributed by atoms with van der Waals surface area (Å²) in [4.78, 5) is 25.3. The number of benzene rings is 1. The highest BCUT2D eigenvalue weighted by Crippen LogP contribution is 2.32. The molecule has 1 fully saturated rings. The number of hydrogen-bond acceptors (Lipinski definition) is 3. The van der Waals surface area contributed by atoms with E-state index in [2.05, 4.69) is 5.32 Å². The molecule has 1 amide bonds. The molecule has 1 aromatic carbocycles. The zero-order valence-corrected chi connectivity index (χ0v) is 15.4. The molecule has 8 heteroatoms. The Morgan fingerprint density at radius 2 is 1.96 bits per heavy atom. The van der Waals surface area contributed by atoms with Gasteiger partial charge in [-0.2, -0.15) is 13.2 Å². The summed E-state index contributed by atoms with van der Waals surface area (Å²) in [6.07, 6.45) is -2.76. The first-order valence-electron chi connectivity index (χ1n) is 9.09. The van der Waals surface area contributed by atoms with Gasteiger partial charge in [0.1, 0.15) is 0 Å². The van der Waals surface area contributed by atoms with Gasteiger partial charge in [0, 0.05) is 12.1 Å². The minimum absolute atomic E-state index is 0.0380. The lowest BCUT2D eigenvalue weighted by Gasteiger charge is -2.42. The number of hydrogen-bond donors (Lipinski definition) is 2. The summed E-state index contributed by atoms with van der Waals surface area (Å²) in [7, 11) is 0. The Morgan fingerprint density at radius 3 is 2.48 bits per heavy atom. The summed E-state index contributed by atoms with van der Waals surface area (Å²) in [6.45, 7) is 4.22. The van der Waals surface area contributed by atoms with Crippen molar-refractivity contribution in [1.29, 1.82) is 0 Å². The van der Waals surface area contributed by atoms with Crippen LogP contribution in [0.25, 0.3) is 0 Å². The van der Waals surface area contributed by atoms with Crippen molar-refractivity contribution in [2.24, 2.45) is 0 Å². The van der Waals surface area contributed by atoms with Crippen molar-refractivity contribution >= 4 is 11.9 Å². The van der Waals surface area contributed by atoms with Crippen LogP contribution in [0.15, 0.2) is 24.3 Å². The van der Waals surface area contributed by atoms with E-state index >= 15 is 0 Å². The van der Waals surface area contributed by atoms with E-state index < -0.39 is 23.6 Å². The van der Waals surface area contributed by atoms with E-state index in [9.17, 15) is 22.8 Å². The van der Waals surface area contributed by atoms with Crippen molar-refractivity contribution < 1.29 is 27.9 Å². The minimum Gasteiger partial charge on any atom is -0.480 e. The first-order valence-corrected chi connectivity index (χ1v) is 9.09. The number of rotatable bonds is 8. The topological polar surface area (TPSA) is 69.6 Å². The highest BCUT2D eigenvalue weighted by Gasteiger charge is 2.36. The molecule has 1 aliphatic rings. The molecule has 0 bridgehead atoms. The van der Waals surface area contributed by atoms with Gasteiger partial charge in [0.25, 0.3) is 0 Å². The summed E-state index contributed by atoms with van der Waals surface area (Å²) in [5, 5.41) is 11.8. The molecule has 2 N–H and O–H groups in total. The monoisotopic (exact) mass is 386 g/mol. The highest BCUT2D eigenvalue weighted by atomic mass is 19.4. The third kappa shape index (κ3) is 5.45. The maximum Gasteiger partial charge on any atom is 0.416 e. The van der Waals surface area contributed by atoms with Crippen molar-refractivity contribution in [3.05, 3.63) is 35.4 Å². The number of aliphatic carboxylic acids is 1. The van der Waals surface area contributed by atoms with Crippen molar-refractivity contribution in [2.45, 2.75) is 57.3 Å². The molecule has 150 valence electrons. The van der Waals surface area contributed by atoms with Crippen LogP contribution < -0.4 is 5.32 Å². The molecule has 27 heavy (non-hydrogen) atoms. The quantitative estimate of drug-likeness (QED) is 0.720. The number of nitrogens with zero attached hydrogens (tertiary/aromatic N) is 1. The van der Waals surface area contributed by atoms with E-state index in [0.717, 1.165) is 12.1 Å². The van der Waals surface area contributed by atoms with Crippen molar-refractivity contribution in [3.8, 4) is 0 Å². The Bertz CT molecular complexity index is 672. The second-order valence-corrected chi connectivity index (χ2v) is 6.87. The van der Waals surface area contributed by atoms with E-state index in [-0.39, 0.29) is 24.5 Å². The second kappa shape index (κ2) is 8.73. The third-order valence-corrected chi connectivity index (χ3v) is 5.06. The maximum atomic E-state index is 12.9. The fraction of sp³-hybridized carbons (Fsp3) is 0.579. The zero-order chi connectivity index (χ0) is 20.2. The van der Waals surface area contributed by atoms with Gasteiger partial charge in [-0.1, -0.05) is 32.0 Å². The van der Waals surface area contributed by atoms with Crippen LogP contribution in [-0.4, -0.2) is 47.1 Å². The van der Waals surface area contributed by atoms with Crippen molar-refractivity contribution in [2.75, 3.05) is 13.1 Å². The predicted octanol–water partition coefficient (Wildman–Crippen LogP) is 3.25. The molecule has 0 aliphatic heterocycles. The molecule has 1 aromatic rings. The lowest BCUT2D eigenvalue weighted by Crippen LogP contribution is -2.55. The Morgan fingerprint density at radius 1 is 1.30 bits per heavy atom. The van der Waals surface area contributed by atoms with Gasteiger partial charge in [0.05, 0.1) is 18.0 Å². The van der Waals surface area contributed by atoms with Gasteiger partial charge in [0.2, 0.25) is 5.91 Å². The van der Waals surface area contributed by atoms with Gasteiger partial charge in [-0.3, -0.25) is 14.5 Å². The average molecular weight is 386 g/mol. The summed E-state index contributed by atoms with van der Waals surface area (Å²) >= 11 is 0. The first kappa shape index (κ1) is 21.2. The van der Waals surface area contributed by atoms with Gasteiger partial charge in [-0.05, 0) is 37.4 Å². The van der Waals surface area contributed by atoms with Crippen molar-refractivity contribution in [1.82, 2.24) is 10.2 Å². The number of halogens is 3. The number of likely N-dealkylation sites (N-methyl/N-ethyl adjacent to an activating group) is 1. The van der Waals surface area contributed by atoms with E-state index in [0.29, 0.717) is 31.4 Å². The lowest BCUT2D eigenvalue weighted by molar-refractivity contribution is -0.140. The largest absolute Gasteiger partial charge is 0.480 e. The highest BCUT2D eigenvalue weighted by molar-refractivity contribution is 5.84. The molecule has 1 atom stereocenters. The van der Waals surface area contributed by atoms with Crippen LogP contribution in [0, 0.1) is 0 Å². The van der Waals surface area contributed by atoms with Crippen LogP contribution in [-0.2, 0) is 15.8 Å². The number of carbonyl (C=O) groups is 2. The molecule has 0 aromatic heterocycles. The SMILES string of the molecule is CCC(C(=O)NC1CC(N(CC)CC(=O)O)C1)c1cccc(C(F)(F)F)c1. The predicted molar refractivity (Wildman–Crippen MR) is 94.3 cm³/mol. The van der Waals surface area contributed by atoms with E-state index in [4.69, 9.17) is 5.11 Å². The Kier molecular flexibility index (Phi) is 6.86. The van der Waals surface area contributed by atoms with E-state index in [1.807, 2.05) is 11.8 Å². The average Bonchev–Trinajstić information content (AvgIpc) is 2.56. The Balaban J connectivity index is 1.96. The fourth-order valence-corrected chi connectivity index (χ4v) is 3.48. The lowest BCUT2D eigenvalue weighted by atomic mass is 9.84. The molecular formula is C19H25F3N2O3. The molecule has 0 radical (unpaired) electrons. The smallest absolute Gasteiger partial charge is 0.416 e. The molecule has 0 heterocycles. The van der Waals surface area contributed by atoms with Gasteiger partial charge >= 0.3 is 12.1 Å². The molecule has 1 saturated carbocycles. The summed E-state index contributed by atoms with van der Waals surface area (Å²) in [5.41, 5.74) is -0.413. The number of carboxylic acid groups (broad SMARTS) is 1. The molecule has 1 unspecified atom stereocenters. The second-order valence-electron chi connectivity index (χ2n) is 6.87. The molecule has 2 rings (SSSR count). The van der Waals surface area contributed by atoms with Crippen LogP contribution >= 0.6 is 0 Å². The van der Waals surface area contributed by atoms with Gasteiger partial charge < -0.3 is 10.4 Å². The molecule has 0 spiro atoms. The number of carbonyl (C=O) groups excluding carboxylic acids is 1. The third-order valence-electron chi connectivity index (χ3n) is 5.06. The van der Waals surface area contributed by atoms with Crippen LogP contribution in [0.2, 0.25) is 0 Å². The Hall–Kier alpha value is -2.09. The summed E-state index contributed by atoms with van der Waals surface area (Å²) in [6, 6.07) is 4.90. The molecule has 5 nitrogen and oxygen atoms in total. The molecule has 1 aliphatic carbocycles. The maximum absolute atomic E-state index is 12.9. The van der Waals surface area contributed by atoms with Gasteiger partial charge in [-0.15, -0.1) is 0 Å². The van der Waals surface area contributed by atoms with Crippen LogP contribution in [0.5, 0.6) is 0 Å². The standard InChI is InChI=1S/C19H25F3N2O3/c1-3-16(12-6-5-7-13(8-12)19(20,21)22)18(27)23-14-9-15(10-14)24(4-2)11-17(25)26/h5-8,14-16H,3-4,9-11H2,1-2H3,(H,23,27)(H,25,26). The van der Waals surface area contributed by atoms with Crippen LogP contribution in [0.3, 0.4) is 0 Å². The summed E-state index contributed by atoms with van der Waals surface area (Å²) < 4.78 is 38.7. The Labute approximate surface area is 156 Å². The number of amides is 1. The first-order chi connectivity index (χ1) is 12.7. The van der Waals surface area contributed by atoms with Gasteiger partial charge in [0.15, 0.2) is 0 Å². The van der Waals surface area contributed by atoms with Crippen molar-refractivity contribution in [3.63, 3.8) is 0 Å². The van der Waals surface area contributed by atoms with Crippen LogP contribution in [0.1, 0.15) is 50.2 Å². The van der Waals surface area contributed by atoms with Crippen LogP contribution in [0.4, 0.5) is 13.2 Å². The number of alkyl halides is 3.